The molecule has 1 heterocycles. The second-order valence-electron chi connectivity index (χ2n) is 6.25. The number of guanidine groups is 1. The molecule has 0 aliphatic carbocycles. The predicted octanol–water partition coefficient (Wildman–Crippen LogP) is 1.46. The lowest BCUT2D eigenvalue weighted by Crippen LogP contribution is -2.41. The predicted molar refractivity (Wildman–Crippen MR) is 121 cm³/mol. The topological polar surface area (TPSA) is 101 Å². The lowest BCUT2D eigenvalue weighted by molar-refractivity contribution is 0.114. The van der Waals surface area contributed by atoms with Gasteiger partial charge in [0, 0.05) is 33.4 Å². The van der Waals surface area contributed by atoms with E-state index in [-0.39, 0.29) is 41.5 Å². The zero-order valence-corrected chi connectivity index (χ0v) is 19.6. The fourth-order valence-corrected chi connectivity index (χ4v) is 3.78. The monoisotopic (exact) mass is 526 g/mol. The van der Waals surface area contributed by atoms with Gasteiger partial charge in [-0.1, -0.05) is 12.1 Å². The highest BCUT2D eigenvalue weighted by Crippen LogP contribution is 2.13. The third-order valence-corrected chi connectivity index (χ3v) is 5.55. The fraction of sp³-hybridized carbons (Fsp3) is 0.611. The summed E-state index contributed by atoms with van der Waals surface area (Å²) in [4.78, 5) is 4.77. The minimum atomic E-state index is -3.55. The molecule has 10 heteroatoms. The Hall–Kier alpha value is -0.950. The van der Waals surface area contributed by atoms with Crippen LogP contribution in [-0.2, 0) is 26.0 Å². The van der Waals surface area contributed by atoms with Crippen molar-refractivity contribution >= 4 is 40.0 Å². The highest BCUT2D eigenvalue weighted by atomic mass is 127. The molecule has 1 atom stereocenters. The molecule has 28 heavy (non-hydrogen) atoms. The number of aliphatic imine (C=N–C) groups is 1. The van der Waals surface area contributed by atoms with Gasteiger partial charge in [0.15, 0.2) is 5.96 Å². The molecular weight excluding hydrogens is 495 g/mol. The molecule has 1 aliphatic rings. The molecule has 0 radical (unpaired) electrons. The Morgan fingerprint density at radius 1 is 1.36 bits per heavy atom. The van der Waals surface area contributed by atoms with E-state index in [0.717, 1.165) is 31.6 Å². The first kappa shape index (κ1) is 25.1. The lowest BCUT2D eigenvalue weighted by Gasteiger charge is -2.15. The molecule has 0 bridgehead atoms. The van der Waals surface area contributed by atoms with E-state index in [0.29, 0.717) is 25.7 Å². The van der Waals surface area contributed by atoms with Crippen molar-refractivity contribution in [2.45, 2.75) is 37.3 Å². The van der Waals surface area contributed by atoms with Crippen molar-refractivity contribution < 1.29 is 17.9 Å². The highest BCUT2D eigenvalue weighted by molar-refractivity contribution is 14.0. The Bertz CT molecular complexity index is 709. The van der Waals surface area contributed by atoms with Crippen molar-refractivity contribution in [3.63, 3.8) is 0 Å². The summed E-state index contributed by atoms with van der Waals surface area (Å²) in [5, 5.41) is 6.48. The Kier molecular flexibility index (Phi) is 11.9. The summed E-state index contributed by atoms with van der Waals surface area (Å²) in [5.41, 5.74) is 0.818. The zero-order chi connectivity index (χ0) is 19.5. The molecule has 1 saturated heterocycles. The third kappa shape index (κ3) is 8.60. The number of sulfonamides is 1. The summed E-state index contributed by atoms with van der Waals surface area (Å²) in [6.45, 7) is 5.22. The van der Waals surface area contributed by atoms with Crippen LogP contribution in [0.25, 0.3) is 0 Å². The van der Waals surface area contributed by atoms with Gasteiger partial charge in [-0.2, -0.15) is 0 Å². The molecule has 3 N–H and O–H groups in total. The number of nitrogens with zero attached hydrogens (tertiary/aromatic N) is 1. The number of nitrogens with one attached hydrogen (secondary N) is 3. The van der Waals surface area contributed by atoms with Crippen LogP contribution in [0.2, 0.25) is 0 Å². The smallest absolute Gasteiger partial charge is 0.240 e. The Morgan fingerprint density at radius 3 is 2.86 bits per heavy atom. The second kappa shape index (κ2) is 13.3. The molecule has 1 fully saturated rings. The van der Waals surface area contributed by atoms with Crippen molar-refractivity contribution in [1.82, 2.24) is 15.4 Å². The van der Waals surface area contributed by atoms with Crippen LogP contribution in [-0.4, -0.2) is 60.4 Å². The van der Waals surface area contributed by atoms with E-state index in [1.54, 1.807) is 18.2 Å². The van der Waals surface area contributed by atoms with E-state index in [1.165, 1.54) is 7.11 Å². The molecule has 8 nitrogen and oxygen atoms in total. The summed E-state index contributed by atoms with van der Waals surface area (Å²) in [6, 6.07) is 6.80. The summed E-state index contributed by atoms with van der Waals surface area (Å²) < 4.78 is 37.6. The van der Waals surface area contributed by atoms with Gasteiger partial charge >= 0.3 is 0 Å². The lowest BCUT2D eigenvalue weighted by atomic mass is 10.2. The van der Waals surface area contributed by atoms with Crippen LogP contribution in [0.5, 0.6) is 0 Å². The number of ether oxygens (including phenoxy) is 2. The maximum absolute atomic E-state index is 12.3. The molecule has 1 aromatic carbocycles. The molecule has 0 spiro atoms. The van der Waals surface area contributed by atoms with Gasteiger partial charge in [0.1, 0.15) is 0 Å². The molecule has 0 amide bonds. The van der Waals surface area contributed by atoms with Gasteiger partial charge in [-0.3, -0.25) is 0 Å². The number of hydrogen-bond donors (Lipinski definition) is 3. The second-order valence-corrected chi connectivity index (χ2v) is 8.02. The maximum Gasteiger partial charge on any atom is 0.240 e. The van der Waals surface area contributed by atoms with E-state index >= 15 is 0 Å². The summed E-state index contributed by atoms with van der Waals surface area (Å²) >= 11 is 0. The number of methoxy groups -OCH3 is 1. The number of benzene rings is 1. The van der Waals surface area contributed by atoms with Crippen LogP contribution < -0.4 is 15.4 Å². The average Bonchev–Trinajstić information content (AvgIpc) is 3.18. The molecule has 2 rings (SSSR count). The van der Waals surface area contributed by atoms with Crippen LogP contribution in [0.4, 0.5) is 0 Å². The Labute approximate surface area is 184 Å². The number of hydrogen-bond acceptors (Lipinski definition) is 5. The van der Waals surface area contributed by atoms with Gasteiger partial charge < -0.3 is 20.1 Å². The molecule has 0 saturated carbocycles. The third-order valence-electron chi connectivity index (χ3n) is 4.09. The number of halogens is 1. The van der Waals surface area contributed by atoms with Gasteiger partial charge in [0.25, 0.3) is 0 Å². The fourth-order valence-electron chi connectivity index (χ4n) is 2.70. The Morgan fingerprint density at radius 2 is 2.18 bits per heavy atom. The van der Waals surface area contributed by atoms with E-state index in [9.17, 15) is 8.42 Å². The minimum Gasteiger partial charge on any atom is -0.383 e. The van der Waals surface area contributed by atoms with Crippen LogP contribution in [0.3, 0.4) is 0 Å². The largest absolute Gasteiger partial charge is 0.383 e. The Balaban J connectivity index is 0.00000392. The van der Waals surface area contributed by atoms with Crippen molar-refractivity contribution in [3.8, 4) is 0 Å². The van der Waals surface area contributed by atoms with Crippen LogP contribution in [0.15, 0.2) is 34.2 Å². The molecule has 1 aromatic rings. The van der Waals surface area contributed by atoms with Gasteiger partial charge in [-0.15, -0.1) is 24.0 Å². The van der Waals surface area contributed by atoms with Crippen LogP contribution in [0.1, 0.15) is 25.3 Å². The van der Waals surface area contributed by atoms with Crippen molar-refractivity contribution in [2.24, 2.45) is 4.99 Å². The molecule has 1 unspecified atom stereocenters. The summed E-state index contributed by atoms with van der Waals surface area (Å²) in [5.74, 6) is 0.694. The maximum atomic E-state index is 12.3. The normalized spacial score (nSPS) is 17.2. The van der Waals surface area contributed by atoms with E-state index in [1.807, 2.05) is 13.0 Å². The minimum absolute atomic E-state index is 0. The SMILES string of the molecule is CCNC(=NCc1cccc(S(=O)(=O)NCCOC)c1)NCC1CCCO1.I. The molecule has 0 aromatic heterocycles. The summed E-state index contributed by atoms with van der Waals surface area (Å²) in [7, 11) is -2.02. The number of rotatable bonds is 10. The van der Waals surface area contributed by atoms with E-state index in [4.69, 9.17) is 9.47 Å². The summed E-state index contributed by atoms with van der Waals surface area (Å²) in [6.07, 6.45) is 2.38. The van der Waals surface area contributed by atoms with Crippen molar-refractivity contribution in [2.75, 3.05) is 40.0 Å². The van der Waals surface area contributed by atoms with E-state index < -0.39 is 10.0 Å². The van der Waals surface area contributed by atoms with Gasteiger partial charge in [-0.25, -0.2) is 18.1 Å². The van der Waals surface area contributed by atoms with Gasteiger partial charge in [0.05, 0.1) is 24.2 Å². The standard InChI is InChI=1S/C18H30N4O4S.HI/c1-3-19-18(21-14-16-7-5-10-26-16)20-13-15-6-4-8-17(12-15)27(23,24)22-9-11-25-2;/h4,6,8,12,16,22H,3,5,7,9-11,13-14H2,1-2H3,(H2,19,20,21);1H. The van der Waals surface area contributed by atoms with Crippen molar-refractivity contribution in [1.29, 1.82) is 0 Å². The average molecular weight is 526 g/mol. The van der Waals surface area contributed by atoms with Gasteiger partial charge in [-0.05, 0) is 37.5 Å². The zero-order valence-electron chi connectivity index (χ0n) is 16.4. The van der Waals surface area contributed by atoms with Crippen molar-refractivity contribution in [3.05, 3.63) is 29.8 Å². The molecular formula is C18H31IN4O4S. The first-order valence-electron chi connectivity index (χ1n) is 9.26. The first-order chi connectivity index (χ1) is 13.0. The quantitative estimate of drug-likeness (QED) is 0.185. The molecule has 160 valence electrons. The van der Waals surface area contributed by atoms with Gasteiger partial charge in [0.2, 0.25) is 10.0 Å². The van der Waals surface area contributed by atoms with Crippen LogP contribution in [0, 0.1) is 0 Å². The molecule has 1 aliphatic heterocycles. The van der Waals surface area contributed by atoms with Crippen LogP contribution >= 0.6 is 24.0 Å². The highest BCUT2D eigenvalue weighted by Gasteiger charge is 2.16. The first-order valence-corrected chi connectivity index (χ1v) is 10.7. The van der Waals surface area contributed by atoms with E-state index in [2.05, 4.69) is 20.3 Å².